The van der Waals surface area contributed by atoms with Crippen LogP contribution in [0.25, 0.3) is 0 Å². The average Bonchev–Trinajstić information content (AvgIpc) is 3.21. The standard InChI is InChI=1S/C16H24O2/c1-3-12-5-7-13(8-6-12)11-15(17)16(18-4-2)14-9-10-14/h5-8,14-17H,3-4,9-11H2,1-2H3. The molecule has 0 heterocycles. The Balaban J connectivity index is 1.93. The molecule has 0 radical (unpaired) electrons. The molecule has 1 aromatic carbocycles. The molecule has 2 unspecified atom stereocenters. The van der Waals surface area contributed by atoms with Crippen LogP contribution in [0.5, 0.6) is 0 Å². The molecule has 0 aliphatic heterocycles. The predicted octanol–water partition coefficient (Wildman–Crippen LogP) is 2.97. The molecule has 0 bridgehead atoms. The van der Waals surface area contributed by atoms with Crippen molar-refractivity contribution in [1.82, 2.24) is 0 Å². The normalized spacial score (nSPS) is 18.6. The number of hydrogen-bond acceptors (Lipinski definition) is 2. The van der Waals surface area contributed by atoms with Crippen molar-refractivity contribution >= 4 is 0 Å². The topological polar surface area (TPSA) is 29.5 Å². The van der Waals surface area contributed by atoms with Crippen LogP contribution >= 0.6 is 0 Å². The zero-order valence-corrected chi connectivity index (χ0v) is 11.4. The van der Waals surface area contributed by atoms with Crippen molar-refractivity contribution in [2.24, 2.45) is 5.92 Å². The van der Waals surface area contributed by atoms with Gasteiger partial charge in [0.15, 0.2) is 0 Å². The van der Waals surface area contributed by atoms with E-state index in [2.05, 4.69) is 31.2 Å². The minimum Gasteiger partial charge on any atom is -0.390 e. The van der Waals surface area contributed by atoms with Crippen molar-refractivity contribution in [2.45, 2.75) is 51.7 Å². The van der Waals surface area contributed by atoms with Crippen LogP contribution in [-0.2, 0) is 17.6 Å². The van der Waals surface area contributed by atoms with Crippen molar-refractivity contribution in [2.75, 3.05) is 6.61 Å². The summed E-state index contributed by atoms with van der Waals surface area (Å²) in [6.07, 6.45) is 3.83. The highest BCUT2D eigenvalue weighted by molar-refractivity contribution is 5.23. The molecule has 2 heteroatoms. The number of aliphatic hydroxyl groups excluding tert-OH is 1. The van der Waals surface area contributed by atoms with Crippen LogP contribution in [0.4, 0.5) is 0 Å². The first-order chi connectivity index (χ1) is 8.74. The van der Waals surface area contributed by atoms with E-state index in [1.54, 1.807) is 0 Å². The number of benzene rings is 1. The van der Waals surface area contributed by atoms with Crippen LogP contribution in [-0.4, -0.2) is 23.9 Å². The van der Waals surface area contributed by atoms with Gasteiger partial charge in [-0.1, -0.05) is 31.2 Å². The van der Waals surface area contributed by atoms with Crippen molar-refractivity contribution in [3.63, 3.8) is 0 Å². The average molecular weight is 248 g/mol. The molecule has 1 N–H and O–H groups in total. The van der Waals surface area contributed by atoms with E-state index in [-0.39, 0.29) is 12.2 Å². The summed E-state index contributed by atoms with van der Waals surface area (Å²) in [6, 6.07) is 8.54. The third-order valence-corrected chi connectivity index (χ3v) is 3.70. The van der Waals surface area contributed by atoms with E-state index in [9.17, 15) is 5.11 Å². The Labute approximate surface area is 110 Å². The lowest BCUT2D eigenvalue weighted by Crippen LogP contribution is -2.32. The second kappa shape index (κ2) is 6.35. The van der Waals surface area contributed by atoms with E-state index in [4.69, 9.17) is 4.74 Å². The van der Waals surface area contributed by atoms with Crippen LogP contribution in [0, 0.1) is 5.92 Å². The molecule has 1 aliphatic rings. The minimum absolute atomic E-state index is 0.0286. The van der Waals surface area contributed by atoms with Crippen molar-refractivity contribution in [3.05, 3.63) is 35.4 Å². The second-order valence-electron chi connectivity index (χ2n) is 5.20. The van der Waals surface area contributed by atoms with Gasteiger partial charge in [0.25, 0.3) is 0 Å². The van der Waals surface area contributed by atoms with E-state index >= 15 is 0 Å². The molecule has 1 fully saturated rings. The quantitative estimate of drug-likeness (QED) is 0.804. The fourth-order valence-electron chi connectivity index (χ4n) is 2.45. The molecule has 1 aromatic rings. The largest absolute Gasteiger partial charge is 0.390 e. The summed E-state index contributed by atoms with van der Waals surface area (Å²) in [4.78, 5) is 0. The van der Waals surface area contributed by atoms with Crippen LogP contribution in [0.1, 0.15) is 37.8 Å². The maximum Gasteiger partial charge on any atom is 0.0865 e. The first-order valence-electron chi connectivity index (χ1n) is 7.12. The number of rotatable bonds is 7. The summed E-state index contributed by atoms with van der Waals surface area (Å²) in [7, 11) is 0. The van der Waals surface area contributed by atoms with Crippen molar-refractivity contribution in [3.8, 4) is 0 Å². The van der Waals surface area contributed by atoms with Gasteiger partial charge in [-0.05, 0) is 43.2 Å². The Morgan fingerprint density at radius 1 is 1.17 bits per heavy atom. The molecule has 0 spiro atoms. The Kier molecular flexibility index (Phi) is 4.79. The van der Waals surface area contributed by atoms with Crippen LogP contribution in [0.15, 0.2) is 24.3 Å². The number of aryl methyl sites for hydroxylation is 1. The third kappa shape index (κ3) is 3.56. The Morgan fingerprint density at radius 2 is 1.78 bits per heavy atom. The molecule has 2 nitrogen and oxygen atoms in total. The zero-order chi connectivity index (χ0) is 13.0. The van der Waals surface area contributed by atoms with Crippen LogP contribution in [0.3, 0.4) is 0 Å². The first-order valence-corrected chi connectivity index (χ1v) is 7.12. The summed E-state index contributed by atoms with van der Waals surface area (Å²) < 4.78 is 5.69. The van der Waals surface area contributed by atoms with E-state index in [0.717, 1.165) is 6.42 Å². The first kappa shape index (κ1) is 13.6. The lowest BCUT2D eigenvalue weighted by atomic mass is 9.99. The summed E-state index contributed by atoms with van der Waals surface area (Å²) >= 11 is 0. The zero-order valence-electron chi connectivity index (χ0n) is 11.4. The molecule has 0 aromatic heterocycles. The van der Waals surface area contributed by atoms with E-state index in [1.165, 1.54) is 24.0 Å². The monoisotopic (exact) mass is 248 g/mol. The second-order valence-corrected chi connectivity index (χ2v) is 5.20. The van der Waals surface area contributed by atoms with Gasteiger partial charge in [0.05, 0.1) is 12.2 Å². The summed E-state index contributed by atoms with van der Waals surface area (Å²) in [5.74, 6) is 0.579. The maximum absolute atomic E-state index is 10.3. The van der Waals surface area contributed by atoms with Gasteiger partial charge in [-0.2, -0.15) is 0 Å². The molecule has 0 saturated heterocycles. The van der Waals surface area contributed by atoms with Gasteiger partial charge in [0, 0.05) is 13.0 Å². The molecule has 2 atom stereocenters. The van der Waals surface area contributed by atoms with Gasteiger partial charge in [-0.25, -0.2) is 0 Å². The van der Waals surface area contributed by atoms with Crippen molar-refractivity contribution in [1.29, 1.82) is 0 Å². The highest BCUT2D eigenvalue weighted by Crippen LogP contribution is 2.36. The van der Waals surface area contributed by atoms with Crippen LogP contribution < -0.4 is 0 Å². The molecular weight excluding hydrogens is 224 g/mol. The third-order valence-electron chi connectivity index (χ3n) is 3.70. The lowest BCUT2D eigenvalue weighted by molar-refractivity contribution is -0.0439. The number of ether oxygens (including phenoxy) is 1. The molecular formula is C16H24O2. The highest BCUT2D eigenvalue weighted by atomic mass is 16.5. The summed E-state index contributed by atoms with van der Waals surface area (Å²) in [6.45, 7) is 4.84. The number of hydrogen-bond donors (Lipinski definition) is 1. The van der Waals surface area contributed by atoms with Crippen LogP contribution in [0.2, 0.25) is 0 Å². The van der Waals surface area contributed by atoms with Gasteiger partial charge in [-0.15, -0.1) is 0 Å². The Hall–Kier alpha value is -0.860. The van der Waals surface area contributed by atoms with Gasteiger partial charge >= 0.3 is 0 Å². The Bertz CT molecular complexity index is 354. The van der Waals surface area contributed by atoms with Gasteiger partial charge in [0.1, 0.15) is 0 Å². The Morgan fingerprint density at radius 3 is 2.28 bits per heavy atom. The van der Waals surface area contributed by atoms with Gasteiger partial charge in [0.2, 0.25) is 0 Å². The van der Waals surface area contributed by atoms with Gasteiger partial charge < -0.3 is 9.84 Å². The summed E-state index contributed by atoms with van der Waals surface area (Å²) in [5.41, 5.74) is 2.54. The molecule has 1 aliphatic carbocycles. The molecule has 18 heavy (non-hydrogen) atoms. The lowest BCUT2D eigenvalue weighted by Gasteiger charge is -2.22. The smallest absolute Gasteiger partial charge is 0.0865 e. The SMILES string of the molecule is CCOC(C(O)Cc1ccc(CC)cc1)C1CC1. The molecule has 2 rings (SSSR count). The van der Waals surface area contributed by atoms with E-state index in [0.29, 0.717) is 18.9 Å². The van der Waals surface area contributed by atoms with E-state index < -0.39 is 0 Å². The molecule has 0 amide bonds. The molecule has 100 valence electrons. The fraction of sp³-hybridized carbons (Fsp3) is 0.625. The maximum atomic E-state index is 10.3. The summed E-state index contributed by atoms with van der Waals surface area (Å²) in [5, 5.41) is 10.3. The molecule has 1 saturated carbocycles. The van der Waals surface area contributed by atoms with Gasteiger partial charge in [-0.3, -0.25) is 0 Å². The van der Waals surface area contributed by atoms with Crippen molar-refractivity contribution < 1.29 is 9.84 Å². The predicted molar refractivity (Wildman–Crippen MR) is 73.7 cm³/mol. The number of aliphatic hydroxyl groups is 1. The highest BCUT2D eigenvalue weighted by Gasteiger charge is 2.36. The van der Waals surface area contributed by atoms with E-state index in [1.807, 2.05) is 6.92 Å². The fourth-order valence-corrected chi connectivity index (χ4v) is 2.45. The minimum atomic E-state index is -0.370.